The maximum Gasteiger partial charge on any atom is 0.341 e. The van der Waals surface area contributed by atoms with Gasteiger partial charge in [0.1, 0.15) is 5.56 Å². The number of ether oxygens (including phenoxy) is 1. The minimum absolute atomic E-state index is 0.186. The van der Waals surface area contributed by atoms with Gasteiger partial charge in [-0.1, -0.05) is 26.2 Å². The van der Waals surface area contributed by atoms with E-state index in [-0.39, 0.29) is 17.9 Å². The second-order valence-electron chi connectivity index (χ2n) is 4.92. The Bertz CT molecular complexity index is 628. The molecular weight excluding hydrogens is 308 g/mol. The Balaban J connectivity index is 3.20. The molecule has 7 nitrogen and oxygen atoms in total. The van der Waals surface area contributed by atoms with E-state index in [1.54, 1.807) is 6.92 Å². The van der Waals surface area contributed by atoms with E-state index in [0.29, 0.717) is 12.1 Å². The average molecular weight is 330 g/mol. The molecule has 22 heavy (non-hydrogen) atoms. The first-order valence-corrected chi connectivity index (χ1v) is 8.77. The van der Waals surface area contributed by atoms with Gasteiger partial charge in [-0.25, -0.2) is 14.8 Å². The highest BCUT2D eigenvalue weighted by Crippen LogP contribution is 2.18. The lowest BCUT2D eigenvalue weighted by Gasteiger charge is -2.11. The van der Waals surface area contributed by atoms with Crippen LogP contribution >= 0.6 is 0 Å². The van der Waals surface area contributed by atoms with Crippen molar-refractivity contribution in [3.63, 3.8) is 0 Å². The lowest BCUT2D eigenvalue weighted by atomic mass is 10.1. The molecule has 0 unspecified atom stereocenters. The summed E-state index contributed by atoms with van der Waals surface area (Å²) in [6.45, 7) is 5.46. The Morgan fingerprint density at radius 3 is 2.41 bits per heavy atom. The van der Waals surface area contributed by atoms with Gasteiger partial charge in [0, 0.05) is 0 Å². The highest BCUT2D eigenvalue weighted by Gasteiger charge is 2.23. The Morgan fingerprint density at radius 1 is 1.18 bits per heavy atom. The Hall–Kier alpha value is -1.54. The van der Waals surface area contributed by atoms with Crippen molar-refractivity contribution in [1.82, 2.24) is 9.97 Å². The van der Waals surface area contributed by atoms with E-state index < -0.39 is 21.2 Å². The molecule has 0 aliphatic rings. The lowest BCUT2D eigenvalue weighted by Crippen LogP contribution is -2.17. The van der Waals surface area contributed by atoms with Crippen molar-refractivity contribution >= 4 is 16.1 Å². The number of hydrogen-bond acceptors (Lipinski definition) is 6. The monoisotopic (exact) mass is 330 g/mol. The molecule has 124 valence electrons. The van der Waals surface area contributed by atoms with Crippen molar-refractivity contribution in [2.75, 3.05) is 6.61 Å². The van der Waals surface area contributed by atoms with Gasteiger partial charge in [0.15, 0.2) is 0 Å². The lowest BCUT2D eigenvalue weighted by molar-refractivity contribution is 0.0522. The zero-order valence-electron chi connectivity index (χ0n) is 13.1. The van der Waals surface area contributed by atoms with Gasteiger partial charge in [-0.3, -0.25) is 4.55 Å². The molecule has 0 amide bonds. The van der Waals surface area contributed by atoms with Gasteiger partial charge in [-0.2, -0.15) is 8.42 Å². The number of esters is 1. The highest BCUT2D eigenvalue weighted by atomic mass is 32.2. The van der Waals surface area contributed by atoms with Crippen molar-refractivity contribution in [3.05, 3.63) is 17.0 Å². The van der Waals surface area contributed by atoms with Gasteiger partial charge in [0.25, 0.3) is 5.16 Å². The molecule has 1 rings (SSSR count). The first kappa shape index (κ1) is 18.5. The molecule has 8 heteroatoms. The summed E-state index contributed by atoms with van der Waals surface area (Å²) in [6.07, 6.45) is 4.25. The van der Waals surface area contributed by atoms with Crippen molar-refractivity contribution in [3.8, 4) is 0 Å². The molecule has 0 atom stereocenters. The van der Waals surface area contributed by atoms with E-state index in [4.69, 9.17) is 9.29 Å². The average Bonchev–Trinajstić information content (AvgIpc) is 2.42. The summed E-state index contributed by atoms with van der Waals surface area (Å²) in [5.41, 5.74) is 0.673. The molecule has 1 heterocycles. The van der Waals surface area contributed by atoms with Crippen LogP contribution in [0.25, 0.3) is 0 Å². The van der Waals surface area contributed by atoms with Crippen molar-refractivity contribution in [2.24, 2.45) is 0 Å². The third-order valence-electron chi connectivity index (χ3n) is 3.12. The molecule has 0 radical (unpaired) electrons. The van der Waals surface area contributed by atoms with Crippen LogP contribution in [0.1, 0.15) is 61.3 Å². The third-order valence-corrected chi connectivity index (χ3v) is 3.77. The third kappa shape index (κ3) is 5.03. The van der Waals surface area contributed by atoms with Crippen LogP contribution < -0.4 is 0 Å². The number of carbonyl (C=O) groups is 1. The molecule has 0 saturated carbocycles. The predicted molar refractivity (Wildman–Crippen MR) is 80.4 cm³/mol. The number of hydrogen-bond donors (Lipinski definition) is 1. The summed E-state index contributed by atoms with van der Waals surface area (Å²) < 4.78 is 36.6. The van der Waals surface area contributed by atoms with E-state index in [2.05, 4.69) is 16.9 Å². The van der Waals surface area contributed by atoms with Crippen LogP contribution in [0.15, 0.2) is 5.16 Å². The minimum Gasteiger partial charge on any atom is -0.462 e. The Kier molecular flexibility index (Phi) is 6.89. The van der Waals surface area contributed by atoms with Crippen LogP contribution in [0.5, 0.6) is 0 Å². The van der Waals surface area contributed by atoms with Crippen molar-refractivity contribution < 1.29 is 22.5 Å². The number of aromatic nitrogens is 2. The number of unbranched alkanes of at least 4 members (excludes halogenated alkanes) is 3. The molecule has 0 bridgehead atoms. The van der Waals surface area contributed by atoms with Crippen LogP contribution in [0.4, 0.5) is 0 Å². The minimum atomic E-state index is -4.51. The number of nitrogens with zero attached hydrogens (tertiary/aromatic N) is 2. The molecule has 0 aliphatic heterocycles. The van der Waals surface area contributed by atoms with Crippen LogP contribution in [0, 0.1) is 6.92 Å². The maximum atomic E-state index is 12.0. The van der Waals surface area contributed by atoms with E-state index in [0.717, 1.165) is 25.7 Å². The summed E-state index contributed by atoms with van der Waals surface area (Å²) in [6, 6.07) is 0. The van der Waals surface area contributed by atoms with Crippen LogP contribution in [-0.2, 0) is 21.3 Å². The maximum absolute atomic E-state index is 12.0. The first-order valence-electron chi connectivity index (χ1n) is 7.33. The number of rotatable bonds is 8. The summed E-state index contributed by atoms with van der Waals surface area (Å²) >= 11 is 0. The fourth-order valence-corrected chi connectivity index (χ4v) is 2.57. The molecule has 0 saturated heterocycles. The van der Waals surface area contributed by atoms with Crippen LogP contribution in [0.2, 0.25) is 0 Å². The first-order chi connectivity index (χ1) is 10.3. The van der Waals surface area contributed by atoms with Crippen LogP contribution in [0.3, 0.4) is 0 Å². The Labute approximate surface area is 130 Å². The molecule has 0 aliphatic carbocycles. The van der Waals surface area contributed by atoms with Gasteiger partial charge < -0.3 is 4.74 Å². The van der Waals surface area contributed by atoms with Gasteiger partial charge in [0.05, 0.1) is 18.0 Å². The van der Waals surface area contributed by atoms with Gasteiger partial charge in [0.2, 0.25) is 0 Å². The normalized spacial score (nSPS) is 11.5. The Morgan fingerprint density at radius 2 is 1.86 bits per heavy atom. The molecule has 1 N–H and O–H groups in total. The van der Waals surface area contributed by atoms with Gasteiger partial charge in [-0.15, -0.1) is 0 Å². The number of aryl methyl sites for hydroxylation is 2. The summed E-state index contributed by atoms with van der Waals surface area (Å²) in [5, 5.41) is -0.677. The fraction of sp³-hybridized carbons (Fsp3) is 0.643. The second kappa shape index (κ2) is 8.19. The largest absolute Gasteiger partial charge is 0.462 e. The molecule has 0 spiro atoms. The van der Waals surface area contributed by atoms with Crippen LogP contribution in [-0.4, -0.2) is 35.5 Å². The van der Waals surface area contributed by atoms with Crippen molar-refractivity contribution in [1.29, 1.82) is 0 Å². The summed E-state index contributed by atoms with van der Waals surface area (Å²) in [4.78, 5) is 19.6. The molecular formula is C14H22N2O5S. The summed E-state index contributed by atoms with van der Waals surface area (Å²) in [7, 11) is -4.51. The van der Waals surface area contributed by atoms with E-state index >= 15 is 0 Å². The SMILES string of the molecule is CCCCCCc1nc(S(=O)(=O)O)nc(C)c1C(=O)OCC. The van der Waals surface area contributed by atoms with Gasteiger partial charge in [-0.05, 0) is 26.7 Å². The molecule has 0 aromatic carbocycles. The zero-order valence-corrected chi connectivity index (χ0v) is 13.9. The topological polar surface area (TPSA) is 106 Å². The highest BCUT2D eigenvalue weighted by molar-refractivity contribution is 7.85. The molecule has 0 fully saturated rings. The quantitative estimate of drug-likeness (QED) is 0.337. The molecule has 1 aromatic rings. The predicted octanol–water partition coefficient (Wildman–Crippen LogP) is 2.33. The fourth-order valence-electron chi connectivity index (χ4n) is 2.09. The summed E-state index contributed by atoms with van der Waals surface area (Å²) in [5.74, 6) is -0.577. The standard InChI is InChI=1S/C14H22N2O5S/c1-4-6-7-8-9-11-12(13(17)21-5-2)10(3)15-14(16-11)22(18,19)20/h4-9H2,1-3H3,(H,18,19,20). The van der Waals surface area contributed by atoms with E-state index in [9.17, 15) is 13.2 Å². The smallest absolute Gasteiger partial charge is 0.341 e. The van der Waals surface area contributed by atoms with E-state index in [1.807, 2.05) is 0 Å². The van der Waals surface area contributed by atoms with E-state index in [1.165, 1.54) is 6.92 Å². The second-order valence-corrected chi connectivity index (χ2v) is 6.23. The number of carbonyl (C=O) groups excluding carboxylic acids is 1. The zero-order chi connectivity index (χ0) is 16.8. The molecule has 1 aromatic heterocycles. The van der Waals surface area contributed by atoms with Crippen molar-refractivity contribution in [2.45, 2.75) is 58.0 Å². The van der Waals surface area contributed by atoms with Gasteiger partial charge >= 0.3 is 16.1 Å².